The lowest BCUT2D eigenvalue weighted by Crippen LogP contribution is -2.30. The van der Waals surface area contributed by atoms with Crippen LogP contribution >= 0.6 is 11.6 Å². The van der Waals surface area contributed by atoms with E-state index in [9.17, 15) is 14.4 Å². The van der Waals surface area contributed by atoms with Crippen LogP contribution < -0.4 is 16.4 Å². The van der Waals surface area contributed by atoms with E-state index in [1.165, 1.54) is 16.7 Å². The molecular weight excluding hydrogens is 370 g/mol. The summed E-state index contributed by atoms with van der Waals surface area (Å²) < 4.78 is 6.34. The lowest BCUT2D eigenvalue weighted by molar-refractivity contribution is -0.121. The number of nitrogens with one attached hydrogen (secondary N) is 2. The summed E-state index contributed by atoms with van der Waals surface area (Å²) in [7, 11) is 0. The maximum atomic E-state index is 12.2. The molecular formula is C19H16ClN3O4. The Morgan fingerprint density at radius 2 is 2.04 bits per heavy atom. The molecule has 0 unspecified atom stereocenters. The van der Waals surface area contributed by atoms with Crippen molar-refractivity contribution < 1.29 is 14.0 Å². The van der Waals surface area contributed by atoms with Gasteiger partial charge in [0.05, 0.1) is 5.52 Å². The summed E-state index contributed by atoms with van der Waals surface area (Å²) in [6, 6.07) is 11.8. The second-order valence-electron chi connectivity index (χ2n) is 5.74. The van der Waals surface area contributed by atoms with Crippen LogP contribution in [-0.2, 0) is 22.7 Å². The van der Waals surface area contributed by atoms with Crippen LogP contribution in [0, 0.1) is 0 Å². The smallest absolute Gasteiger partial charge is 0.408 e. The molecule has 2 amide bonds. The number of hydrogen-bond acceptors (Lipinski definition) is 4. The van der Waals surface area contributed by atoms with Crippen LogP contribution in [0.1, 0.15) is 5.56 Å². The SMILES string of the molecule is C=CC(=O)Nc1cccc(CNC(=O)Cn2c(=O)oc3cc(Cl)ccc32)c1. The first-order valence-electron chi connectivity index (χ1n) is 8.04. The Bertz CT molecular complexity index is 1080. The number of aromatic nitrogens is 1. The predicted molar refractivity (Wildman–Crippen MR) is 103 cm³/mol. The van der Waals surface area contributed by atoms with Gasteiger partial charge in [-0.25, -0.2) is 4.79 Å². The lowest BCUT2D eigenvalue weighted by Gasteiger charge is -2.08. The monoisotopic (exact) mass is 385 g/mol. The minimum Gasteiger partial charge on any atom is -0.408 e. The summed E-state index contributed by atoms with van der Waals surface area (Å²) in [4.78, 5) is 35.5. The number of carbonyl (C=O) groups excluding carboxylic acids is 2. The third kappa shape index (κ3) is 4.45. The number of benzene rings is 2. The minimum absolute atomic E-state index is 0.180. The number of rotatable bonds is 6. The van der Waals surface area contributed by atoms with Gasteiger partial charge in [0.2, 0.25) is 11.8 Å². The van der Waals surface area contributed by atoms with E-state index in [4.69, 9.17) is 16.0 Å². The number of anilines is 1. The lowest BCUT2D eigenvalue weighted by atomic mass is 10.2. The number of amides is 2. The van der Waals surface area contributed by atoms with Gasteiger partial charge in [-0.05, 0) is 35.9 Å². The van der Waals surface area contributed by atoms with Crippen molar-refractivity contribution in [3.05, 3.63) is 76.3 Å². The normalized spacial score (nSPS) is 10.6. The third-order valence-electron chi connectivity index (χ3n) is 3.80. The average molecular weight is 386 g/mol. The zero-order valence-electron chi connectivity index (χ0n) is 14.2. The molecule has 3 rings (SSSR count). The van der Waals surface area contributed by atoms with Crippen molar-refractivity contribution >= 4 is 40.2 Å². The number of oxazole rings is 1. The van der Waals surface area contributed by atoms with Crippen molar-refractivity contribution in [3.8, 4) is 0 Å². The second-order valence-corrected chi connectivity index (χ2v) is 6.17. The van der Waals surface area contributed by atoms with Crippen LogP contribution in [-0.4, -0.2) is 16.4 Å². The van der Waals surface area contributed by atoms with Crippen LogP contribution in [0.5, 0.6) is 0 Å². The fraction of sp³-hybridized carbons (Fsp3) is 0.105. The Morgan fingerprint density at radius 3 is 2.81 bits per heavy atom. The maximum Gasteiger partial charge on any atom is 0.420 e. The molecule has 138 valence electrons. The molecule has 2 N–H and O–H groups in total. The molecule has 1 aromatic heterocycles. The molecule has 7 nitrogen and oxygen atoms in total. The van der Waals surface area contributed by atoms with E-state index in [0.29, 0.717) is 21.8 Å². The molecule has 0 spiro atoms. The molecule has 0 radical (unpaired) electrons. The molecule has 1 heterocycles. The van der Waals surface area contributed by atoms with Crippen molar-refractivity contribution in [2.24, 2.45) is 0 Å². The zero-order chi connectivity index (χ0) is 19.4. The number of fused-ring (bicyclic) bond motifs is 1. The van der Waals surface area contributed by atoms with Gasteiger partial charge in [-0.2, -0.15) is 0 Å². The van der Waals surface area contributed by atoms with Gasteiger partial charge < -0.3 is 15.1 Å². The average Bonchev–Trinajstić information content (AvgIpc) is 2.94. The summed E-state index contributed by atoms with van der Waals surface area (Å²) in [5, 5.41) is 5.83. The van der Waals surface area contributed by atoms with E-state index >= 15 is 0 Å². The summed E-state index contributed by atoms with van der Waals surface area (Å²) in [5.41, 5.74) is 2.21. The summed E-state index contributed by atoms with van der Waals surface area (Å²) in [5.74, 6) is -1.30. The molecule has 0 bridgehead atoms. The van der Waals surface area contributed by atoms with Crippen LogP contribution in [0.2, 0.25) is 5.02 Å². The van der Waals surface area contributed by atoms with Crippen molar-refractivity contribution in [2.45, 2.75) is 13.1 Å². The molecule has 0 fully saturated rings. The quantitative estimate of drug-likeness (QED) is 0.638. The second kappa shape index (κ2) is 7.92. The molecule has 0 saturated carbocycles. The zero-order valence-corrected chi connectivity index (χ0v) is 15.0. The van der Waals surface area contributed by atoms with E-state index in [1.54, 1.807) is 30.3 Å². The summed E-state index contributed by atoms with van der Waals surface area (Å²) in [6.45, 7) is 3.46. The summed E-state index contributed by atoms with van der Waals surface area (Å²) in [6.07, 6.45) is 1.18. The first-order valence-corrected chi connectivity index (χ1v) is 8.42. The Morgan fingerprint density at radius 1 is 1.22 bits per heavy atom. The van der Waals surface area contributed by atoms with Gasteiger partial charge in [-0.15, -0.1) is 0 Å². The highest BCUT2D eigenvalue weighted by atomic mass is 35.5. The maximum absolute atomic E-state index is 12.2. The van der Waals surface area contributed by atoms with Crippen molar-refractivity contribution in [1.29, 1.82) is 0 Å². The fourth-order valence-corrected chi connectivity index (χ4v) is 2.70. The van der Waals surface area contributed by atoms with Crippen molar-refractivity contribution in [2.75, 3.05) is 5.32 Å². The van der Waals surface area contributed by atoms with Crippen LogP contribution in [0.15, 0.2) is 64.3 Å². The highest BCUT2D eigenvalue weighted by Crippen LogP contribution is 2.18. The highest BCUT2D eigenvalue weighted by Gasteiger charge is 2.13. The Hall–Kier alpha value is -3.32. The number of halogens is 1. The van der Waals surface area contributed by atoms with Crippen LogP contribution in [0.3, 0.4) is 0 Å². The fourth-order valence-electron chi connectivity index (χ4n) is 2.54. The van der Waals surface area contributed by atoms with Gasteiger partial charge in [0.1, 0.15) is 6.54 Å². The first kappa shape index (κ1) is 18.5. The predicted octanol–water partition coefficient (Wildman–Crippen LogP) is 2.69. The summed E-state index contributed by atoms with van der Waals surface area (Å²) >= 11 is 5.87. The molecule has 27 heavy (non-hydrogen) atoms. The molecule has 3 aromatic rings. The number of carbonyl (C=O) groups is 2. The molecule has 0 aliphatic carbocycles. The number of hydrogen-bond donors (Lipinski definition) is 2. The van der Waals surface area contributed by atoms with Gasteiger partial charge in [0.15, 0.2) is 5.58 Å². The minimum atomic E-state index is -0.628. The highest BCUT2D eigenvalue weighted by molar-refractivity contribution is 6.31. The Balaban J connectivity index is 1.66. The molecule has 0 saturated heterocycles. The molecule has 2 aromatic carbocycles. The topological polar surface area (TPSA) is 93.3 Å². The molecule has 8 heteroatoms. The van der Waals surface area contributed by atoms with Gasteiger partial charge in [-0.1, -0.05) is 30.3 Å². The molecule has 0 atom stereocenters. The van der Waals surface area contributed by atoms with E-state index in [-0.39, 0.29) is 24.9 Å². The standard InChI is InChI=1S/C19H16ClN3O4/c1-2-17(24)22-14-5-3-4-12(8-14)10-21-18(25)11-23-15-7-6-13(20)9-16(15)27-19(23)26/h2-9H,1,10-11H2,(H,21,25)(H,22,24). The largest absolute Gasteiger partial charge is 0.420 e. The third-order valence-corrected chi connectivity index (χ3v) is 4.04. The van der Waals surface area contributed by atoms with Gasteiger partial charge >= 0.3 is 5.76 Å². The number of nitrogens with zero attached hydrogens (tertiary/aromatic N) is 1. The Kier molecular flexibility index (Phi) is 5.42. The molecule has 0 aliphatic rings. The van der Waals surface area contributed by atoms with Gasteiger partial charge in [0, 0.05) is 23.3 Å². The van der Waals surface area contributed by atoms with Crippen molar-refractivity contribution in [3.63, 3.8) is 0 Å². The first-order chi connectivity index (χ1) is 13.0. The van der Waals surface area contributed by atoms with Crippen LogP contribution in [0.4, 0.5) is 5.69 Å². The van der Waals surface area contributed by atoms with Crippen LogP contribution in [0.25, 0.3) is 11.1 Å². The van der Waals surface area contributed by atoms with E-state index in [1.807, 2.05) is 6.07 Å². The van der Waals surface area contributed by atoms with Crippen molar-refractivity contribution in [1.82, 2.24) is 9.88 Å². The molecule has 0 aliphatic heterocycles. The van der Waals surface area contributed by atoms with Gasteiger partial charge in [0.25, 0.3) is 0 Å². The van der Waals surface area contributed by atoms with Gasteiger partial charge in [-0.3, -0.25) is 14.2 Å². The Labute approximate surface area is 159 Å². The van der Waals surface area contributed by atoms with E-state index in [0.717, 1.165) is 5.56 Å². The van der Waals surface area contributed by atoms with E-state index < -0.39 is 5.76 Å². The van der Waals surface area contributed by atoms with E-state index in [2.05, 4.69) is 17.2 Å².